The molecule has 4 rings (SSSR count). The predicted octanol–water partition coefficient (Wildman–Crippen LogP) is 10.3. The van der Waals surface area contributed by atoms with Crippen molar-refractivity contribution in [2.45, 2.75) is 20.0 Å². The number of carbonyl (C=O) groups is 1. The molecule has 3 atom stereocenters. The summed E-state index contributed by atoms with van der Waals surface area (Å²) in [5.74, 6) is -1.36. The van der Waals surface area contributed by atoms with Crippen molar-refractivity contribution < 1.29 is 32.2 Å². The van der Waals surface area contributed by atoms with E-state index in [2.05, 4.69) is 4.98 Å². The number of halogens is 6. The summed E-state index contributed by atoms with van der Waals surface area (Å²) in [6.07, 6.45) is 0.397. The van der Waals surface area contributed by atoms with E-state index >= 15 is 0 Å². The minimum Gasteiger partial charge on any atom is -0.454 e. The number of para-hydroxylation sites is 1. The summed E-state index contributed by atoms with van der Waals surface area (Å²) in [5.41, 5.74) is -0.0645. The first-order valence-corrected chi connectivity index (χ1v) is 17.2. The van der Waals surface area contributed by atoms with Gasteiger partial charge < -0.3 is 23.0 Å². The maximum absolute atomic E-state index is 14.2. The molecule has 0 N–H and O–H groups in total. The number of ether oxygens (including phenoxy) is 2. The molecule has 1 aliphatic carbocycles. The lowest BCUT2D eigenvalue weighted by Gasteiger charge is -2.18. The maximum Gasteiger partial charge on any atom is 0.381 e. The second-order valence-electron chi connectivity index (χ2n) is 9.78. The first-order valence-electron chi connectivity index (χ1n) is 12.7. The zero-order valence-electron chi connectivity index (χ0n) is 24.0. The van der Waals surface area contributed by atoms with Gasteiger partial charge in [0.25, 0.3) is 0 Å². The summed E-state index contributed by atoms with van der Waals surface area (Å²) in [5, 5.41) is 9.97. The van der Waals surface area contributed by atoms with Gasteiger partial charge in [-0.2, -0.15) is 10.2 Å². The van der Waals surface area contributed by atoms with Gasteiger partial charge in [-0.25, -0.2) is 4.39 Å². The summed E-state index contributed by atoms with van der Waals surface area (Å²) in [6.45, 7) is 0.901. The molecule has 1 aliphatic rings. The average molecular weight is 757 g/mol. The SMILES string of the molecule is CC1(C)C(C=C(Cl)Cl)C1C(=O)OC(C#N)c1ccc(F)c(Oc2ccccc2)c1.COP(=S)(OC)Oc1nc(Cl)c(Cl)cc1Cl. The molecular formula is C29H25Cl5FN2O6PS. The number of hydrogen-bond acceptors (Lipinski definition) is 9. The fraction of sp³-hybridized carbons (Fsp3) is 0.276. The molecule has 240 valence electrons. The Labute approximate surface area is 290 Å². The van der Waals surface area contributed by atoms with Crippen LogP contribution in [0.2, 0.25) is 15.2 Å². The molecule has 0 bridgehead atoms. The van der Waals surface area contributed by atoms with Crippen LogP contribution < -0.4 is 9.26 Å². The first kappa shape index (κ1) is 37.3. The second-order valence-corrected chi connectivity index (χ2v) is 15.1. The Morgan fingerprint density at radius 2 is 1.73 bits per heavy atom. The van der Waals surface area contributed by atoms with Crippen molar-refractivity contribution in [2.24, 2.45) is 17.3 Å². The van der Waals surface area contributed by atoms with Crippen LogP contribution in [0.15, 0.2) is 65.2 Å². The van der Waals surface area contributed by atoms with Crippen LogP contribution in [0.25, 0.3) is 0 Å². The zero-order valence-corrected chi connectivity index (χ0v) is 29.5. The Kier molecular flexibility index (Phi) is 13.3. The first-order chi connectivity index (χ1) is 21.1. The van der Waals surface area contributed by atoms with Gasteiger partial charge in [0.15, 0.2) is 16.7 Å². The number of carbonyl (C=O) groups excluding carboxylic acids is 1. The van der Waals surface area contributed by atoms with Gasteiger partial charge in [0.05, 0.1) is 10.9 Å². The van der Waals surface area contributed by atoms with Crippen LogP contribution in [0.4, 0.5) is 4.39 Å². The van der Waals surface area contributed by atoms with E-state index in [0.29, 0.717) is 11.3 Å². The Hall–Kier alpha value is -2.16. The number of nitrogens with zero attached hydrogens (tertiary/aromatic N) is 2. The van der Waals surface area contributed by atoms with E-state index in [4.69, 9.17) is 92.9 Å². The van der Waals surface area contributed by atoms with Crippen LogP contribution in [0.1, 0.15) is 25.5 Å². The van der Waals surface area contributed by atoms with Gasteiger partial charge >= 0.3 is 12.7 Å². The lowest BCUT2D eigenvalue weighted by atomic mass is 10.1. The van der Waals surface area contributed by atoms with Gasteiger partial charge in [0.1, 0.15) is 21.3 Å². The second kappa shape index (κ2) is 16.1. The summed E-state index contributed by atoms with van der Waals surface area (Å²) in [7, 11) is 2.74. The van der Waals surface area contributed by atoms with Crippen LogP contribution in [0.5, 0.6) is 17.4 Å². The van der Waals surface area contributed by atoms with Crippen LogP contribution in [-0.4, -0.2) is 25.2 Å². The minimum atomic E-state index is -2.88. The number of benzene rings is 2. The third kappa shape index (κ3) is 9.92. The van der Waals surface area contributed by atoms with E-state index < -0.39 is 30.5 Å². The smallest absolute Gasteiger partial charge is 0.381 e. The summed E-state index contributed by atoms with van der Waals surface area (Å²) in [4.78, 5) is 16.4. The zero-order chi connectivity index (χ0) is 33.5. The molecule has 0 saturated heterocycles. The lowest BCUT2D eigenvalue weighted by molar-refractivity contribution is -0.149. The normalized spacial score (nSPS) is 17.1. The molecule has 1 saturated carbocycles. The lowest BCUT2D eigenvalue weighted by Crippen LogP contribution is -2.14. The van der Waals surface area contributed by atoms with Crippen LogP contribution in [0.3, 0.4) is 0 Å². The number of nitriles is 1. The number of esters is 1. The number of allylic oxidation sites excluding steroid dienone is 1. The number of pyridine rings is 1. The topological polar surface area (TPSA) is 99.9 Å². The Balaban J connectivity index is 0.000000292. The van der Waals surface area contributed by atoms with Crippen LogP contribution in [0, 0.1) is 34.4 Å². The highest BCUT2D eigenvalue weighted by molar-refractivity contribution is 8.07. The molecule has 0 spiro atoms. The number of aromatic nitrogens is 1. The maximum atomic E-state index is 14.2. The Bertz CT molecular complexity index is 1650. The van der Waals surface area contributed by atoms with Gasteiger partial charge in [-0.15, -0.1) is 0 Å². The van der Waals surface area contributed by atoms with Crippen LogP contribution >= 0.6 is 64.7 Å². The molecule has 0 aliphatic heterocycles. The van der Waals surface area contributed by atoms with Crippen molar-refractivity contribution in [1.29, 1.82) is 5.26 Å². The summed E-state index contributed by atoms with van der Waals surface area (Å²) >= 11 is 33.7. The monoisotopic (exact) mass is 754 g/mol. The van der Waals surface area contributed by atoms with Crippen molar-refractivity contribution in [3.63, 3.8) is 0 Å². The molecule has 2 aromatic carbocycles. The van der Waals surface area contributed by atoms with Crippen molar-refractivity contribution in [2.75, 3.05) is 14.2 Å². The number of hydrogen-bond donors (Lipinski definition) is 0. The molecule has 1 aromatic heterocycles. The van der Waals surface area contributed by atoms with E-state index in [0.717, 1.165) is 0 Å². The largest absolute Gasteiger partial charge is 0.454 e. The molecule has 0 radical (unpaired) electrons. The highest BCUT2D eigenvalue weighted by Crippen LogP contribution is 2.60. The van der Waals surface area contributed by atoms with Crippen molar-refractivity contribution in [1.82, 2.24) is 4.98 Å². The highest BCUT2D eigenvalue weighted by atomic mass is 35.5. The molecule has 3 aromatic rings. The van der Waals surface area contributed by atoms with E-state index in [1.54, 1.807) is 30.3 Å². The van der Waals surface area contributed by atoms with Gasteiger partial charge in [0, 0.05) is 31.6 Å². The minimum absolute atomic E-state index is 0.0306. The molecular weight excluding hydrogens is 732 g/mol. The standard InChI is InChI=1S/C22H18Cl2FNO3.C7H7Cl3NO3PS/c1-22(2)15(11-19(23)24)20(22)21(27)29-18(12-26)13-8-9-16(25)17(10-13)28-14-6-4-3-5-7-14;1-12-15(16,13-2)14-7-5(9)3-4(8)6(10)11-7/h3-11,15,18,20H,1-2H3;3H,1-2H3. The third-order valence-electron chi connectivity index (χ3n) is 6.55. The molecule has 0 amide bonds. The van der Waals surface area contributed by atoms with E-state index in [1.807, 2.05) is 26.0 Å². The Morgan fingerprint density at radius 3 is 2.31 bits per heavy atom. The van der Waals surface area contributed by atoms with Gasteiger partial charge in [0.2, 0.25) is 12.0 Å². The van der Waals surface area contributed by atoms with Crippen molar-refractivity contribution in [3.05, 3.63) is 91.7 Å². The highest BCUT2D eigenvalue weighted by Gasteiger charge is 2.62. The molecule has 3 unspecified atom stereocenters. The van der Waals surface area contributed by atoms with Crippen molar-refractivity contribution >= 4 is 82.5 Å². The third-order valence-corrected chi connectivity index (χ3v) is 10.2. The Morgan fingerprint density at radius 1 is 1.09 bits per heavy atom. The van der Waals surface area contributed by atoms with Gasteiger partial charge in [-0.1, -0.05) is 96.1 Å². The van der Waals surface area contributed by atoms with Crippen LogP contribution in [-0.2, 0) is 30.4 Å². The fourth-order valence-corrected chi connectivity index (χ4v) is 5.77. The average Bonchev–Trinajstić information content (AvgIpc) is 3.54. The quantitative estimate of drug-likeness (QED) is 0.114. The van der Waals surface area contributed by atoms with Gasteiger partial charge in [-0.05, 0) is 47.7 Å². The fourth-order valence-electron chi connectivity index (χ4n) is 4.06. The number of rotatable bonds is 10. The molecule has 16 heteroatoms. The van der Waals surface area contributed by atoms with Gasteiger partial charge in [-0.3, -0.25) is 4.79 Å². The molecule has 1 fully saturated rings. The predicted molar refractivity (Wildman–Crippen MR) is 176 cm³/mol. The molecule has 8 nitrogen and oxygen atoms in total. The van der Waals surface area contributed by atoms with E-state index in [-0.39, 0.29) is 42.7 Å². The summed E-state index contributed by atoms with van der Waals surface area (Å²) < 4.78 is 40.3. The summed E-state index contributed by atoms with van der Waals surface area (Å²) in [6, 6.07) is 15.9. The molecule has 45 heavy (non-hydrogen) atoms. The molecule has 1 heterocycles. The van der Waals surface area contributed by atoms with Crippen molar-refractivity contribution in [3.8, 4) is 23.4 Å². The van der Waals surface area contributed by atoms with E-state index in [1.165, 1.54) is 38.5 Å². The van der Waals surface area contributed by atoms with E-state index in [9.17, 15) is 14.4 Å².